The first kappa shape index (κ1) is 19.5. The molecule has 0 fully saturated rings. The van der Waals surface area contributed by atoms with Gasteiger partial charge in [-0.1, -0.05) is 0 Å². The second kappa shape index (κ2) is 8.65. The van der Waals surface area contributed by atoms with Crippen molar-refractivity contribution >= 4 is 28.4 Å². The molecule has 3 rings (SSSR count). The molecular formula is C21H24N4O3. The summed E-state index contributed by atoms with van der Waals surface area (Å²) in [5, 5.41) is 8.08. The van der Waals surface area contributed by atoms with E-state index in [2.05, 4.69) is 15.4 Å². The molecule has 2 heterocycles. The molecule has 1 amide bonds. The van der Waals surface area contributed by atoms with Crippen molar-refractivity contribution in [3.63, 3.8) is 0 Å². The third-order valence-electron chi connectivity index (χ3n) is 4.28. The van der Waals surface area contributed by atoms with Crippen molar-refractivity contribution in [3.8, 4) is 5.75 Å². The van der Waals surface area contributed by atoms with Crippen LogP contribution in [0, 0.1) is 0 Å². The fourth-order valence-electron chi connectivity index (χ4n) is 2.82. The van der Waals surface area contributed by atoms with Crippen LogP contribution < -0.4 is 10.1 Å². The molecule has 0 saturated carbocycles. The number of benzene rings is 1. The highest BCUT2D eigenvalue weighted by Gasteiger charge is 2.09. The van der Waals surface area contributed by atoms with Crippen molar-refractivity contribution in [2.24, 2.45) is 0 Å². The zero-order valence-corrected chi connectivity index (χ0v) is 16.3. The van der Waals surface area contributed by atoms with Crippen molar-refractivity contribution in [3.05, 3.63) is 48.3 Å². The van der Waals surface area contributed by atoms with E-state index < -0.39 is 0 Å². The van der Waals surface area contributed by atoms with Crippen molar-refractivity contribution in [1.82, 2.24) is 14.8 Å². The largest absolute Gasteiger partial charge is 0.494 e. The summed E-state index contributed by atoms with van der Waals surface area (Å²) in [5.74, 6) is 0.614. The van der Waals surface area contributed by atoms with Gasteiger partial charge in [-0.3, -0.25) is 9.59 Å². The summed E-state index contributed by atoms with van der Waals surface area (Å²) in [6, 6.07) is 9.08. The zero-order chi connectivity index (χ0) is 20.1. The average molecular weight is 380 g/mol. The number of carbonyl (C=O) groups is 2. The lowest BCUT2D eigenvalue weighted by Gasteiger charge is -2.08. The van der Waals surface area contributed by atoms with Crippen LogP contribution in [0.25, 0.3) is 11.0 Å². The van der Waals surface area contributed by atoms with Crippen molar-refractivity contribution in [1.29, 1.82) is 0 Å². The number of Topliss-reactive ketones (excluding diaryl/α,β-unsaturated/α-hetero) is 1. The maximum atomic E-state index is 12.1. The number of hydrogen-bond donors (Lipinski definition) is 1. The molecule has 0 aliphatic carbocycles. The minimum atomic E-state index is -0.0899. The Balaban J connectivity index is 1.46. The number of ether oxygens (including phenoxy) is 1. The molecule has 146 valence electrons. The lowest BCUT2D eigenvalue weighted by molar-refractivity contribution is -0.116. The molecule has 0 atom stereocenters. The first-order valence-electron chi connectivity index (χ1n) is 9.31. The van der Waals surface area contributed by atoms with Crippen LogP contribution in [0.15, 0.2) is 42.7 Å². The Hall–Kier alpha value is -3.22. The minimum absolute atomic E-state index is 0.0208. The van der Waals surface area contributed by atoms with Crippen LogP contribution in [0.1, 0.15) is 50.0 Å². The number of nitrogens with zero attached hydrogens (tertiary/aromatic N) is 3. The predicted molar refractivity (Wildman–Crippen MR) is 108 cm³/mol. The van der Waals surface area contributed by atoms with Gasteiger partial charge >= 0.3 is 0 Å². The number of rotatable bonds is 8. The number of anilines is 1. The molecule has 1 N–H and O–H groups in total. The van der Waals surface area contributed by atoms with Gasteiger partial charge < -0.3 is 10.1 Å². The summed E-state index contributed by atoms with van der Waals surface area (Å²) in [5.41, 5.74) is 2.11. The second-order valence-corrected chi connectivity index (χ2v) is 6.90. The third-order valence-corrected chi connectivity index (χ3v) is 4.28. The number of carbonyl (C=O) groups excluding carboxylic acids is 2. The number of nitrogens with one attached hydrogen (secondary N) is 1. The number of aromatic nitrogens is 3. The first-order chi connectivity index (χ1) is 13.4. The van der Waals surface area contributed by atoms with E-state index in [9.17, 15) is 9.59 Å². The standard InChI is InChI=1S/C21H24N4O3/c1-14(2)25-21-17(12-23-25)11-18(13-22-21)24-20(27)5-4-10-28-19-8-6-16(7-9-19)15(3)26/h6-9,11-14H,4-5,10H2,1-3H3,(H,24,27). The summed E-state index contributed by atoms with van der Waals surface area (Å²) in [6.45, 7) is 6.04. The van der Waals surface area contributed by atoms with Crippen LogP contribution in [0.4, 0.5) is 5.69 Å². The van der Waals surface area contributed by atoms with Crippen LogP contribution in [-0.4, -0.2) is 33.1 Å². The van der Waals surface area contributed by atoms with E-state index in [4.69, 9.17) is 4.74 Å². The topological polar surface area (TPSA) is 86.1 Å². The number of amides is 1. The molecular weight excluding hydrogens is 356 g/mol. The van der Waals surface area contributed by atoms with E-state index in [-0.39, 0.29) is 17.7 Å². The molecule has 7 heteroatoms. The molecule has 0 unspecified atom stereocenters. The fraction of sp³-hybridized carbons (Fsp3) is 0.333. The molecule has 1 aromatic carbocycles. The van der Waals surface area contributed by atoms with E-state index in [1.807, 2.05) is 24.6 Å². The smallest absolute Gasteiger partial charge is 0.224 e. The molecule has 0 spiro atoms. The number of hydrogen-bond acceptors (Lipinski definition) is 5. The minimum Gasteiger partial charge on any atom is -0.494 e. The highest BCUT2D eigenvalue weighted by atomic mass is 16.5. The van der Waals surface area contributed by atoms with Gasteiger partial charge in [0.1, 0.15) is 5.75 Å². The molecule has 7 nitrogen and oxygen atoms in total. The van der Waals surface area contributed by atoms with Crippen molar-refractivity contribution in [2.75, 3.05) is 11.9 Å². The maximum absolute atomic E-state index is 12.1. The SMILES string of the molecule is CC(=O)c1ccc(OCCCC(=O)Nc2cnc3c(cnn3C(C)C)c2)cc1. The normalized spacial score (nSPS) is 11.0. The summed E-state index contributed by atoms with van der Waals surface area (Å²) >= 11 is 0. The third kappa shape index (κ3) is 4.73. The Kier molecular flexibility index (Phi) is 6.03. The van der Waals surface area contributed by atoms with Crippen LogP contribution in [0.3, 0.4) is 0 Å². The lowest BCUT2D eigenvalue weighted by atomic mass is 10.1. The molecule has 28 heavy (non-hydrogen) atoms. The summed E-state index contributed by atoms with van der Waals surface area (Å²) in [7, 11) is 0. The van der Waals surface area contributed by atoms with Gasteiger partial charge in [0.25, 0.3) is 0 Å². The van der Waals surface area contributed by atoms with Crippen molar-refractivity contribution in [2.45, 2.75) is 39.7 Å². The molecule has 0 radical (unpaired) electrons. The van der Waals surface area contributed by atoms with Crippen LogP contribution >= 0.6 is 0 Å². The predicted octanol–water partition coefficient (Wildman–Crippen LogP) is 4.01. The van der Waals surface area contributed by atoms with E-state index in [0.29, 0.717) is 36.4 Å². The molecule has 0 aliphatic rings. The Morgan fingerprint density at radius 1 is 1.18 bits per heavy atom. The fourth-order valence-corrected chi connectivity index (χ4v) is 2.82. The van der Waals surface area contributed by atoms with Crippen LogP contribution in [0.5, 0.6) is 5.75 Å². The molecule has 2 aromatic heterocycles. The van der Waals surface area contributed by atoms with E-state index >= 15 is 0 Å². The number of fused-ring (bicyclic) bond motifs is 1. The summed E-state index contributed by atoms with van der Waals surface area (Å²) in [4.78, 5) is 27.8. The Morgan fingerprint density at radius 2 is 1.93 bits per heavy atom. The molecule has 0 aliphatic heterocycles. The van der Waals surface area contributed by atoms with Gasteiger partial charge in [0.05, 0.1) is 24.7 Å². The van der Waals surface area contributed by atoms with E-state index in [0.717, 1.165) is 11.0 Å². The van der Waals surface area contributed by atoms with Gasteiger partial charge in [-0.05, 0) is 57.5 Å². The maximum Gasteiger partial charge on any atom is 0.224 e. The number of pyridine rings is 1. The van der Waals surface area contributed by atoms with Gasteiger partial charge in [-0.2, -0.15) is 5.10 Å². The van der Waals surface area contributed by atoms with Crippen LogP contribution in [-0.2, 0) is 4.79 Å². The van der Waals surface area contributed by atoms with E-state index in [1.54, 1.807) is 36.7 Å². The Morgan fingerprint density at radius 3 is 2.61 bits per heavy atom. The van der Waals surface area contributed by atoms with E-state index in [1.165, 1.54) is 6.92 Å². The van der Waals surface area contributed by atoms with Gasteiger partial charge in [-0.25, -0.2) is 9.67 Å². The monoisotopic (exact) mass is 380 g/mol. The molecule has 0 bridgehead atoms. The lowest BCUT2D eigenvalue weighted by Crippen LogP contribution is -2.13. The summed E-state index contributed by atoms with van der Waals surface area (Å²) < 4.78 is 7.46. The average Bonchev–Trinajstić information content (AvgIpc) is 3.09. The van der Waals surface area contributed by atoms with Gasteiger partial charge in [0.2, 0.25) is 5.91 Å². The first-order valence-corrected chi connectivity index (χ1v) is 9.31. The quantitative estimate of drug-likeness (QED) is 0.471. The van der Waals surface area contributed by atoms with Crippen molar-refractivity contribution < 1.29 is 14.3 Å². The second-order valence-electron chi connectivity index (χ2n) is 6.90. The molecule has 0 saturated heterocycles. The summed E-state index contributed by atoms with van der Waals surface area (Å²) in [6.07, 6.45) is 4.33. The van der Waals surface area contributed by atoms with Crippen LogP contribution in [0.2, 0.25) is 0 Å². The highest BCUT2D eigenvalue weighted by Crippen LogP contribution is 2.19. The zero-order valence-electron chi connectivity index (χ0n) is 16.3. The molecule has 3 aromatic rings. The van der Waals surface area contributed by atoms with Gasteiger partial charge in [-0.15, -0.1) is 0 Å². The Labute approximate surface area is 163 Å². The highest BCUT2D eigenvalue weighted by molar-refractivity contribution is 5.94. The Bertz CT molecular complexity index is 977. The van der Waals surface area contributed by atoms with Gasteiger partial charge in [0, 0.05) is 23.4 Å². The van der Waals surface area contributed by atoms with Gasteiger partial charge in [0.15, 0.2) is 11.4 Å². The number of ketones is 1.